The van der Waals surface area contributed by atoms with Crippen LogP contribution in [0.2, 0.25) is 0 Å². The normalized spacial score (nSPS) is 19.6. The van der Waals surface area contributed by atoms with E-state index in [0.29, 0.717) is 44.3 Å². The summed E-state index contributed by atoms with van der Waals surface area (Å²) < 4.78 is 103. The third-order valence-corrected chi connectivity index (χ3v) is 12.9. The van der Waals surface area contributed by atoms with Crippen LogP contribution in [0, 0.1) is 23.5 Å². The maximum Gasteiger partial charge on any atom is 0.211 e. The van der Waals surface area contributed by atoms with Gasteiger partial charge in [0.05, 0.1) is 21.8 Å². The first-order valence-electron chi connectivity index (χ1n) is 14.3. The standard InChI is InChI=1S/C29H40F2N2O6S3/c1-40(34,35)27-3-5-28(6-4-27)42(38,39)18-12-22-7-13-32(14-8-22)15-11-29(24-19-25(30)21-26(31)20-24)23-9-16-33(17-10-23)41(2,36)37/h3-6,19-23,29H,7-18H2,1-2H3/t29-/m1/s1. The van der Waals surface area contributed by atoms with Gasteiger partial charge in [-0.3, -0.25) is 0 Å². The van der Waals surface area contributed by atoms with Crippen LogP contribution < -0.4 is 0 Å². The number of likely N-dealkylation sites (tertiary alicyclic amines) is 1. The van der Waals surface area contributed by atoms with Crippen LogP contribution in [0.15, 0.2) is 52.3 Å². The second kappa shape index (κ2) is 13.4. The number of sulfone groups is 2. The summed E-state index contributed by atoms with van der Waals surface area (Å²) in [6.07, 6.45) is 6.43. The number of halogens is 2. The Hall–Kier alpha value is -1.93. The number of nitrogens with zero attached hydrogens (tertiary/aromatic N) is 2. The molecular formula is C29H40F2N2O6S3. The number of benzene rings is 2. The lowest BCUT2D eigenvalue weighted by atomic mass is 9.78. The van der Waals surface area contributed by atoms with E-state index in [-0.39, 0.29) is 33.3 Å². The van der Waals surface area contributed by atoms with Gasteiger partial charge in [-0.2, -0.15) is 0 Å². The molecule has 2 saturated heterocycles. The molecule has 0 aliphatic carbocycles. The quantitative estimate of drug-likeness (QED) is 0.362. The van der Waals surface area contributed by atoms with Gasteiger partial charge in [0.15, 0.2) is 19.7 Å². The fourth-order valence-electron chi connectivity index (χ4n) is 6.23. The van der Waals surface area contributed by atoms with Gasteiger partial charge in [0.25, 0.3) is 0 Å². The van der Waals surface area contributed by atoms with Gasteiger partial charge in [-0.25, -0.2) is 38.3 Å². The average Bonchev–Trinajstić information content (AvgIpc) is 2.92. The van der Waals surface area contributed by atoms with Crippen molar-refractivity contribution in [1.29, 1.82) is 0 Å². The maximum atomic E-state index is 14.1. The maximum absolute atomic E-state index is 14.1. The number of hydrogen-bond acceptors (Lipinski definition) is 7. The van der Waals surface area contributed by atoms with E-state index in [1.54, 1.807) is 0 Å². The predicted molar refractivity (Wildman–Crippen MR) is 158 cm³/mol. The van der Waals surface area contributed by atoms with E-state index in [4.69, 9.17) is 0 Å². The minimum absolute atomic E-state index is 0.00469. The van der Waals surface area contributed by atoms with Gasteiger partial charge in [-0.15, -0.1) is 0 Å². The molecule has 0 N–H and O–H groups in total. The molecule has 0 aromatic heterocycles. The molecule has 2 aromatic carbocycles. The molecule has 0 amide bonds. The van der Waals surface area contributed by atoms with Crippen molar-refractivity contribution in [3.05, 3.63) is 59.7 Å². The Morgan fingerprint density at radius 3 is 1.86 bits per heavy atom. The van der Waals surface area contributed by atoms with Crippen LogP contribution in [0.25, 0.3) is 0 Å². The first-order valence-corrected chi connectivity index (χ1v) is 19.7. The van der Waals surface area contributed by atoms with Crippen molar-refractivity contribution in [2.75, 3.05) is 51.0 Å². The van der Waals surface area contributed by atoms with Crippen LogP contribution in [0.1, 0.15) is 50.0 Å². The Labute approximate surface area is 249 Å². The summed E-state index contributed by atoms with van der Waals surface area (Å²) in [4.78, 5) is 2.51. The fourth-order valence-corrected chi connectivity index (χ4v) is 9.16. The molecule has 0 bridgehead atoms. The summed E-state index contributed by atoms with van der Waals surface area (Å²) in [6.45, 7) is 3.11. The molecule has 0 radical (unpaired) electrons. The topological polar surface area (TPSA) is 109 Å². The molecule has 2 aliphatic heterocycles. The minimum atomic E-state index is -3.53. The SMILES string of the molecule is CS(=O)(=O)c1ccc(S(=O)(=O)CCC2CCN(CC[C@@H](c3cc(F)cc(F)c3)C3CCN(S(C)(=O)=O)CC3)CC2)cc1. The van der Waals surface area contributed by atoms with E-state index in [9.17, 15) is 34.0 Å². The highest BCUT2D eigenvalue weighted by molar-refractivity contribution is 7.91. The van der Waals surface area contributed by atoms with Gasteiger partial charge in [-0.1, -0.05) is 0 Å². The highest BCUT2D eigenvalue weighted by Crippen LogP contribution is 2.37. The third-order valence-electron chi connectivity index (χ3n) is 8.72. The zero-order valence-electron chi connectivity index (χ0n) is 24.1. The number of sulfonamides is 1. The van der Waals surface area contributed by atoms with Crippen molar-refractivity contribution in [3.63, 3.8) is 0 Å². The minimum Gasteiger partial charge on any atom is -0.303 e. The summed E-state index contributed by atoms with van der Waals surface area (Å²) in [5.74, 6) is -0.988. The molecular weight excluding hydrogens is 607 g/mol. The lowest BCUT2D eigenvalue weighted by molar-refractivity contribution is 0.164. The van der Waals surface area contributed by atoms with Crippen molar-refractivity contribution in [1.82, 2.24) is 9.21 Å². The molecule has 2 heterocycles. The Kier molecular flexibility index (Phi) is 10.5. The zero-order valence-corrected chi connectivity index (χ0v) is 26.5. The summed E-state index contributed by atoms with van der Waals surface area (Å²) in [5.41, 5.74) is 0.606. The molecule has 4 rings (SSSR count). The highest BCUT2D eigenvalue weighted by Gasteiger charge is 2.32. The van der Waals surface area contributed by atoms with Crippen LogP contribution >= 0.6 is 0 Å². The highest BCUT2D eigenvalue weighted by atomic mass is 32.2. The predicted octanol–water partition coefficient (Wildman–Crippen LogP) is 4.09. The molecule has 2 aliphatic rings. The molecule has 234 valence electrons. The molecule has 13 heteroatoms. The third kappa shape index (κ3) is 8.81. The van der Waals surface area contributed by atoms with Crippen molar-refractivity contribution >= 4 is 29.7 Å². The van der Waals surface area contributed by atoms with Gasteiger partial charge >= 0.3 is 0 Å². The van der Waals surface area contributed by atoms with Crippen molar-refractivity contribution in [2.45, 2.75) is 54.2 Å². The molecule has 2 aromatic rings. The number of piperidine rings is 2. The van der Waals surface area contributed by atoms with E-state index in [2.05, 4.69) is 4.90 Å². The second-order valence-electron chi connectivity index (χ2n) is 11.7. The molecule has 0 unspecified atom stereocenters. The average molecular weight is 647 g/mol. The molecule has 42 heavy (non-hydrogen) atoms. The second-order valence-corrected chi connectivity index (χ2v) is 17.8. The monoisotopic (exact) mass is 646 g/mol. The molecule has 1 atom stereocenters. The van der Waals surface area contributed by atoms with Gasteiger partial charge in [0.1, 0.15) is 11.6 Å². The molecule has 8 nitrogen and oxygen atoms in total. The Balaban J connectivity index is 1.31. The first kappa shape index (κ1) is 33.0. The molecule has 2 fully saturated rings. The Morgan fingerprint density at radius 2 is 1.33 bits per heavy atom. The zero-order chi connectivity index (χ0) is 30.7. The van der Waals surface area contributed by atoms with Gasteiger partial charge in [-0.05, 0) is 118 Å². The number of hydrogen-bond donors (Lipinski definition) is 0. The van der Waals surface area contributed by atoms with Crippen LogP contribution in [0.5, 0.6) is 0 Å². The lowest BCUT2D eigenvalue weighted by Gasteiger charge is -2.37. The molecule has 0 spiro atoms. The first-order chi connectivity index (χ1) is 19.6. The van der Waals surface area contributed by atoms with E-state index in [1.165, 1.54) is 47.0 Å². The van der Waals surface area contributed by atoms with E-state index in [0.717, 1.165) is 44.8 Å². The lowest BCUT2D eigenvalue weighted by Crippen LogP contribution is -2.40. The van der Waals surface area contributed by atoms with E-state index < -0.39 is 41.3 Å². The van der Waals surface area contributed by atoms with Gasteiger partial charge in [0, 0.05) is 25.4 Å². The largest absolute Gasteiger partial charge is 0.303 e. The van der Waals surface area contributed by atoms with Crippen LogP contribution in [-0.2, 0) is 29.7 Å². The summed E-state index contributed by atoms with van der Waals surface area (Å²) in [6, 6.07) is 8.97. The van der Waals surface area contributed by atoms with Crippen molar-refractivity contribution < 1.29 is 34.0 Å². The van der Waals surface area contributed by atoms with Crippen LogP contribution in [0.4, 0.5) is 8.78 Å². The van der Waals surface area contributed by atoms with Crippen LogP contribution in [-0.4, -0.2) is 85.4 Å². The van der Waals surface area contributed by atoms with Gasteiger partial charge < -0.3 is 4.90 Å². The summed E-state index contributed by atoms with van der Waals surface area (Å²) in [7, 11) is -10.2. The van der Waals surface area contributed by atoms with Crippen molar-refractivity contribution in [3.8, 4) is 0 Å². The molecule has 0 saturated carbocycles. The Morgan fingerprint density at radius 1 is 0.786 bits per heavy atom. The smallest absolute Gasteiger partial charge is 0.211 e. The number of rotatable bonds is 11. The van der Waals surface area contributed by atoms with Gasteiger partial charge in [0.2, 0.25) is 10.0 Å². The Bertz CT molecular complexity index is 1530. The summed E-state index contributed by atoms with van der Waals surface area (Å²) >= 11 is 0. The summed E-state index contributed by atoms with van der Waals surface area (Å²) in [5, 5.41) is 0. The van der Waals surface area contributed by atoms with E-state index >= 15 is 0 Å². The van der Waals surface area contributed by atoms with Crippen molar-refractivity contribution in [2.24, 2.45) is 11.8 Å². The fraction of sp³-hybridized carbons (Fsp3) is 0.586. The van der Waals surface area contributed by atoms with E-state index in [1.807, 2.05) is 0 Å². The van der Waals surface area contributed by atoms with Crippen LogP contribution in [0.3, 0.4) is 0 Å².